The van der Waals surface area contributed by atoms with E-state index < -0.39 is 18.2 Å². The molecule has 4 unspecified atom stereocenters. The molecule has 0 fully saturated rings. The number of likely N-dealkylation sites (N-methyl/N-ethyl adjacent to an activating group) is 2. The molecule has 1 aromatic carbocycles. The molecular formula is C44H87N9O9. The van der Waals surface area contributed by atoms with Crippen LogP contribution in [0.2, 0.25) is 0 Å². The van der Waals surface area contributed by atoms with Gasteiger partial charge in [-0.3, -0.25) is 38.5 Å². The third-order valence-electron chi connectivity index (χ3n) is 8.37. The fraction of sp³-hybridized carbons (Fsp3) is 0.705. The lowest BCUT2D eigenvalue weighted by Crippen LogP contribution is -2.53. The van der Waals surface area contributed by atoms with Crippen LogP contribution < -0.4 is 38.1 Å². The first kappa shape index (κ1) is 66.4. The van der Waals surface area contributed by atoms with Gasteiger partial charge in [-0.15, -0.1) is 0 Å². The Labute approximate surface area is 373 Å². The van der Waals surface area contributed by atoms with E-state index in [1.807, 2.05) is 86.5 Å². The number of carboxylic acid groups (broad SMARTS) is 1. The molecule has 62 heavy (non-hydrogen) atoms. The summed E-state index contributed by atoms with van der Waals surface area (Å²) in [5, 5.41) is 20.8. The molecular weight excluding hydrogens is 799 g/mol. The molecule has 6 amide bonds. The van der Waals surface area contributed by atoms with Gasteiger partial charge in [0.2, 0.25) is 35.9 Å². The van der Waals surface area contributed by atoms with Crippen LogP contribution in [0.25, 0.3) is 0 Å². The molecule has 0 saturated carbocycles. The van der Waals surface area contributed by atoms with E-state index in [0.717, 1.165) is 18.5 Å². The van der Waals surface area contributed by atoms with Crippen molar-refractivity contribution in [2.24, 2.45) is 23.3 Å². The summed E-state index contributed by atoms with van der Waals surface area (Å²) in [5.74, 6) is -1.50. The second-order valence-electron chi connectivity index (χ2n) is 14.4. The number of anilines is 1. The van der Waals surface area contributed by atoms with Crippen molar-refractivity contribution >= 4 is 48.1 Å². The number of nitrogens with two attached hydrogens (primary N) is 2. The molecule has 18 nitrogen and oxygen atoms in total. The van der Waals surface area contributed by atoms with Gasteiger partial charge in [-0.05, 0) is 69.9 Å². The van der Waals surface area contributed by atoms with Crippen LogP contribution in [-0.4, -0.2) is 136 Å². The van der Waals surface area contributed by atoms with Crippen LogP contribution in [0.4, 0.5) is 5.69 Å². The maximum atomic E-state index is 13.3. The lowest BCUT2D eigenvalue weighted by molar-refractivity contribution is -0.138. The zero-order valence-electron chi connectivity index (χ0n) is 40.8. The summed E-state index contributed by atoms with van der Waals surface area (Å²) in [6, 6.07) is 5.72. The number of hydrogen-bond acceptors (Lipinski definition) is 11. The van der Waals surface area contributed by atoms with Crippen LogP contribution >= 0.6 is 0 Å². The molecule has 1 aromatic rings. The Morgan fingerprint density at radius 2 is 1.32 bits per heavy atom. The molecule has 0 radical (unpaired) electrons. The number of nitrogens with one attached hydrogen (secondary N) is 5. The summed E-state index contributed by atoms with van der Waals surface area (Å²) in [6.07, 6.45) is 3.84. The minimum atomic E-state index is -0.680. The van der Waals surface area contributed by atoms with E-state index in [1.165, 1.54) is 20.0 Å². The predicted molar refractivity (Wildman–Crippen MR) is 250 cm³/mol. The molecule has 0 heterocycles. The van der Waals surface area contributed by atoms with Gasteiger partial charge in [-0.1, -0.05) is 94.2 Å². The molecule has 0 aliphatic heterocycles. The average Bonchev–Trinajstić information content (AvgIpc) is 3.22. The molecule has 18 heteroatoms. The standard InChI is InChI=1S/C33H57N7O6.C4H11N.C3H8.C2H6.CH3NO.CH2O2/c1-10-12-25(26(46-9)17-27(41)35-11-2)40(8)29(43)19-37-33(45)31(22(5)6)39(7)20-23-13-15-24(16-14-23)38-28(42)18-36-32(44)30(34)21(3)4;1-3-4-5-2;1-3-2;1-2;2*2-1-3/h13-16,21-22,25-26,30-31H,10-12,17-20,34H2,1-9H3,(H,35,41)(H,36,44)(H,37,45)(H,38,42);5H,3-4H2,1-2H3;3H2,1-2H3;1-2H3;1H,(H2,2,3);1H,(H,2,3). The number of nitrogens with zero attached hydrogens (tertiary/aromatic N) is 2. The van der Waals surface area contributed by atoms with Gasteiger partial charge in [-0.25, -0.2) is 0 Å². The van der Waals surface area contributed by atoms with Crippen molar-refractivity contribution in [2.45, 2.75) is 139 Å². The van der Waals surface area contributed by atoms with E-state index in [1.54, 1.807) is 24.1 Å². The van der Waals surface area contributed by atoms with Crippen molar-refractivity contribution in [3.8, 4) is 0 Å². The molecule has 4 atom stereocenters. The summed E-state index contributed by atoms with van der Waals surface area (Å²) in [4.78, 5) is 83.4. The maximum Gasteiger partial charge on any atom is 0.290 e. The zero-order valence-corrected chi connectivity index (χ0v) is 40.8. The Hall–Kier alpha value is -4.65. The summed E-state index contributed by atoms with van der Waals surface area (Å²) < 4.78 is 5.61. The summed E-state index contributed by atoms with van der Waals surface area (Å²) in [7, 11) is 7.02. The van der Waals surface area contributed by atoms with Crippen LogP contribution in [0.3, 0.4) is 0 Å². The van der Waals surface area contributed by atoms with E-state index in [9.17, 15) is 24.0 Å². The smallest absolute Gasteiger partial charge is 0.290 e. The number of benzene rings is 1. The zero-order chi connectivity index (χ0) is 49.2. The number of hydrogen-bond donors (Lipinski definition) is 8. The Balaban J connectivity index is -0.000000582. The topological polar surface area (TPSA) is 268 Å². The number of methoxy groups -OCH3 is 1. The van der Waals surface area contributed by atoms with Gasteiger partial charge in [0.05, 0.1) is 43.7 Å². The number of rotatable bonds is 22. The molecule has 0 saturated heterocycles. The summed E-state index contributed by atoms with van der Waals surface area (Å²) >= 11 is 0. The molecule has 1 rings (SSSR count). The highest BCUT2D eigenvalue weighted by Crippen LogP contribution is 2.18. The number of carbonyl (C=O) groups is 7. The largest absolute Gasteiger partial charge is 0.483 e. The molecule has 0 aliphatic rings. The Kier molecular flexibility index (Phi) is 47.6. The van der Waals surface area contributed by atoms with Gasteiger partial charge in [0.25, 0.3) is 6.47 Å². The van der Waals surface area contributed by atoms with Crippen LogP contribution in [0.5, 0.6) is 0 Å². The molecule has 0 spiro atoms. The van der Waals surface area contributed by atoms with E-state index in [0.29, 0.717) is 25.2 Å². The maximum absolute atomic E-state index is 13.3. The lowest BCUT2D eigenvalue weighted by atomic mass is 10.00. The minimum Gasteiger partial charge on any atom is -0.483 e. The van der Waals surface area contributed by atoms with Crippen molar-refractivity contribution in [2.75, 3.05) is 59.7 Å². The van der Waals surface area contributed by atoms with Gasteiger partial charge in [0.1, 0.15) is 0 Å². The fourth-order valence-corrected chi connectivity index (χ4v) is 5.47. The quantitative estimate of drug-likeness (QED) is 0.0780. The highest BCUT2D eigenvalue weighted by Gasteiger charge is 2.31. The first-order chi connectivity index (χ1) is 29.3. The van der Waals surface area contributed by atoms with Crippen molar-refractivity contribution in [3.05, 3.63) is 29.8 Å². The summed E-state index contributed by atoms with van der Waals surface area (Å²) in [5.41, 5.74) is 11.5. The van der Waals surface area contributed by atoms with Gasteiger partial charge in [0.15, 0.2) is 0 Å². The average molecular weight is 886 g/mol. The number of carbonyl (C=O) groups excluding carboxylic acids is 6. The Morgan fingerprint density at radius 3 is 1.71 bits per heavy atom. The van der Waals surface area contributed by atoms with Crippen LogP contribution in [0, 0.1) is 11.8 Å². The number of ether oxygens (including phenoxy) is 1. The molecule has 0 bridgehead atoms. The van der Waals surface area contributed by atoms with Gasteiger partial charge >= 0.3 is 0 Å². The first-order valence-corrected chi connectivity index (χ1v) is 21.7. The highest BCUT2D eigenvalue weighted by atomic mass is 16.5. The van der Waals surface area contributed by atoms with E-state index in [2.05, 4.69) is 53.1 Å². The fourth-order valence-electron chi connectivity index (χ4n) is 5.47. The third kappa shape index (κ3) is 34.0. The highest BCUT2D eigenvalue weighted by molar-refractivity contribution is 5.95. The van der Waals surface area contributed by atoms with Crippen LogP contribution in [-0.2, 0) is 44.8 Å². The normalized spacial score (nSPS) is 11.8. The Bertz CT molecular complexity index is 1290. The van der Waals surface area contributed by atoms with Crippen molar-refractivity contribution < 1.29 is 43.4 Å². The molecule has 10 N–H and O–H groups in total. The van der Waals surface area contributed by atoms with E-state index >= 15 is 0 Å². The van der Waals surface area contributed by atoms with Gasteiger partial charge in [0, 0.05) is 32.9 Å². The molecule has 0 aromatic heterocycles. The van der Waals surface area contributed by atoms with Crippen molar-refractivity contribution in [1.29, 1.82) is 0 Å². The van der Waals surface area contributed by atoms with Crippen LogP contribution in [0.1, 0.15) is 114 Å². The predicted octanol–water partition coefficient (Wildman–Crippen LogP) is 3.33. The van der Waals surface area contributed by atoms with Crippen molar-refractivity contribution in [3.63, 3.8) is 0 Å². The third-order valence-corrected chi connectivity index (χ3v) is 8.37. The van der Waals surface area contributed by atoms with Crippen LogP contribution in [0.15, 0.2) is 24.3 Å². The van der Waals surface area contributed by atoms with E-state index in [-0.39, 0.29) is 79.8 Å². The Morgan fingerprint density at radius 1 is 0.823 bits per heavy atom. The molecule has 362 valence electrons. The second-order valence-corrected chi connectivity index (χ2v) is 14.4. The number of amides is 6. The number of primary amides is 1. The second kappa shape index (κ2) is 44.4. The summed E-state index contributed by atoms with van der Waals surface area (Å²) in [6.45, 7) is 23.3. The van der Waals surface area contributed by atoms with E-state index in [4.69, 9.17) is 25.2 Å². The first-order valence-electron chi connectivity index (χ1n) is 21.7. The lowest BCUT2D eigenvalue weighted by Gasteiger charge is -2.34. The SMILES string of the molecule is CC.CCC.CCCC(C(CC(=O)NCC)OC)N(C)C(=O)CNC(=O)C(C(C)C)N(C)Cc1ccc(NC(=O)CNC(=O)C(N)C(C)C)cc1.CCCNC.NC=O.O=CO. The van der Waals surface area contributed by atoms with Crippen molar-refractivity contribution in [1.82, 2.24) is 31.1 Å². The molecule has 0 aliphatic carbocycles. The monoisotopic (exact) mass is 886 g/mol. The van der Waals surface area contributed by atoms with Gasteiger partial charge in [-0.2, -0.15) is 0 Å². The van der Waals surface area contributed by atoms with Gasteiger partial charge < -0.3 is 52.8 Å². The minimum absolute atomic E-state index is 0.0381.